The number of aromatic nitrogens is 5. The molecular formula is C12H15N7. The number of nitrogen functional groups attached to an aromatic ring is 1. The van der Waals surface area contributed by atoms with Crippen LogP contribution in [0.2, 0.25) is 0 Å². The van der Waals surface area contributed by atoms with Crippen LogP contribution >= 0.6 is 0 Å². The van der Waals surface area contributed by atoms with Gasteiger partial charge in [0.1, 0.15) is 5.52 Å². The summed E-state index contributed by atoms with van der Waals surface area (Å²) in [6, 6.07) is 2.00. The number of nitrogens with zero attached hydrogens (tertiary/aromatic N) is 5. The van der Waals surface area contributed by atoms with Crippen molar-refractivity contribution in [1.29, 1.82) is 0 Å². The molecule has 3 aromatic heterocycles. The van der Waals surface area contributed by atoms with Crippen LogP contribution in [-0.4, -0.2) is 30.9 Å². The molecule has 3 heterocycles. The number of aryl methyl sites for hydroxylation is 1. The van der Waals surface area contributed by atoms with Crippen LogP contribution in [0, 0.1) is 6.92 Å². The Morgan fingerprint density at radius 2 is 2.32 bits per heavy atom. The maximum Gasteiger partial charge on any atom is 0.152 e. The molecule has 3 aromatic rings. The maximum atomic E-state index is 5.61. The monoisotopic (exact) mass is 257 g/mol. The van der Waals surface area contributed by atoms with Crippen LogP contribution < -0.4 is 11.1 Å². The SMILES string of the molecule is Cc1cc2c(NCCn3cc(N)cn3)nccn2n1. The highest BCUT2D eigenvalue weighted by molar-refractivity contribution is 5.67. The molecule has 3 rings (SSSR count). The molecule has 0 aliphatic carbocycles. The summed E-state index contributed by atoms with van der Waals surface area (Å²) in [5.74, 6) is 0.822. The van der Waals surface area contributed by atoms with Gasteiger partial charge in [-0.15, -0.1) is 0 Å². The number of rotatable bonds is 4. The van der Waals surface area contributed by atoms with Crippen LogP contribution in [0.15, 0.2) is 30.9 Å². The van der Waals surface area contributed by atoms with Gasteiger partial charge >= 0.3 is 0 Å². The maximum absolute atomic E-state index is 5.61. The molecule has 0 atom stereocenters. The van der Waals surface area contributed by atoms with E-state index in [0.29, 0.717) is 5.69 Å². The average Bonchev–Trinajstić information content (AvgIpc) is 2.95. The third-order valence-corrected chi connectivity index (χ3v) is 2.80. The predicted molar refractivity (Wildman–Crippen MR) is 72.9 cm³/mol. The largest absolute Gasteiger partial charge is 0.396 e. The zero-order valence-corrected chi connectivity index (χ0v) is 10.6. The van der Waals surface area contributed by atoms with Crippen molar-refractivity contribution < 1.29 is 0 Å². The molecule has 19 heavy (non-hydrogen) atoms. The number of nitrogens with two attached hydrogens (primary N) is 1. The molecule has 0 unspecified atom stereocenters. The smallest absolute Gasteiger partial charge is 0.152 e. The van der Waals surface area contributed by atoms with E-state index in [1.807, 2.05) is 23.7 Å². The summed E-state index contributed by atoms with van der Waals surface area (Å²) in [6.45, 7) is 3.41. The molecule has 0 aliphatic rings. The van der Waals surface area contributed by atoms with Crippen LogP contribution in [0.3, 0.4) is 0 Å². The Balaban J connectivity index is 1.71. The van der Waals surface area contributed by atoms with E-state index >= 15 is 0 Å². The van der Waals surface area contributed by atoms with E-state index in [0.717, 1.165) is 30.1 Å². The van der Waals surface area contributed by atoms with E-state index in [-0.39, 0.29) is 0 Å². The first-order chi connectivity index (χ1) is 9.22. The molecule has 0 aliphatic heterocycles. The quantitative estimate of drug-likeness (QED) is 0.726. The molecule has 0 amide bonds. The van der Waals surface area contributed by atoms with Crippen molar-refractivity contribution in [2.24, 2.45) is 0 Å². The van der Waals surface area contributed by atoms with Crippen LogP contribution in [0.5, 0.6) is 0 Å². The highest BCUT2D eigenvalue weighted by Gasteiger charge is 2.04. The normalized spacial score (nSPS) is 11.0. The zero-order valence-electron chi connectivity index (χ0n) is 10.6. The topological polar surface area (TPSA) is 86.1 Å². The Kier molecular flexibility index (Phi) is 2.79. The number of anilines is 2. The molecule has 7 nitrogen and oxygen atoms in total. The van der Waals surface area contributed by atoms with Crippen LogP contribution in [0.4, 0.5) is 11.5 Å². The molecule has 3 N–H and O–H groups in total. The number of nitrogens with one attached hydrogen (secondary N) is 1. The first-order valence-corrected chi connectivity index (χ1v) is 6.05. The Bertz CT molecular complexity index is 697. The minimum Gasteiger partial charge on any atom is -0.396 e. The Hall–Kier alpha value is -2.57. The summed E-state index contributed by atoms with van der Waals surface area (Å²) in [5, 5.41) is 11.8. The molecule has 0 aromatic carbocycles. The van der Waals surface area contributed by atoms with Crippen LogP contribution in [-0.2, 0) is 6.54 Å². The summed E-state index contributed by atoms with van der Waals surface area (Å²) < 4.78 is 3.61. The molecule has 7 heteroatoms. The van der Waals surface area contributed by atoms with Crippen molar-refractivity contribution in [3.63, 3.8) is 0 Å². The fourth-order valence-corrected chi connectivity index (χ4v) is 1.97. The Labute approximate surface area is 110 Å². The highest BCUT2D eigenvalue weighted by atomic mass is 15.3. The standard InChI is InChI=1S/C12H15N7/c1-9-6-11-12(15-3-5-19(11)17-9)14-2-4-18-8-10(13)7-16-18/h3,5-8H,2,4,13H2,1H3,(H,14,15). The summed E-state index contributed by atoms with van der Waals surface area (Å²) in [6.07, 6.45) is 7.01. The van der Waals surface area contributed by atoms with Gasteiger partial charge < -0.3 is 11.1 Å². The highest BCUT2D eigenvalue weighted by Crippen LogP contribution is 2.14. The zero-order chi connectivity index (χ0) is 13.2. The average molecular weight is 257 g/mol. The fourth-order valence-electron chi connectivity index (χ4n) is 1.97. The van der Waals surface area contributed by atoms with Gasteiger partial charge in [-0.2, -0.15) is 10.2 Å². The van der Waals surface area contributed by atoms with Gasteiger partial charge in [-0.3, -0.25) is 4.68 Å². The molecule has 0 fully saturated rings. The molecule has 0 radical (unpaired) electrons. The number of hydrogen-bond donors (Lipinski definition) is 2. The minimum absolute atomic E-state index is 0.673. The third kappa shape index (κ3) is 2.35. The summed E-state index contributed by atoms with van der Waals surface area (Å²) in [5.41, 5.74) is 8.22. The molecule has 0 saturated heterocycles. The molecule has 0 saturated carbocycles. The van der Waals surface area contributed by atoms with Gasteiger partial charge in [0.25, 0.3) is 0 Å². The molecule has 0 spiro atoms. The second kappa shape index (κ2) is 4.60. The van der Waals surface area contributed by atoms with E-state index in [9.17, 15) is 0 Å². The molecule has 98 valence electrons. The first kappa shape index (κ1) is 11.5. The van der Waals surface area contributed by atoms with Crippen molar-refractivity contribution >= 4 is 17.0 Å². The molecule has 0 bridgehead atoms. The number of hydrogen-bond acceptors (Lipinski definition) is 5. The predicted octanol–water partition coefficient (Wildman–Crippen LogP) is 0.929. The van der Waals surface area contributed by atoms with Crippen LogP contribution in [0.1, 0.15) is 5.69 Å². The summed E-state index contributed by atoms with van der Waals surface area (Å²) in [7, 11) is 0. The van der Waals surface area contributed by atoms with Gasteiger partial charge in [-0.1, -0.05) is 0 Å². The first-order valence-electron chi connectivity index (χ1n) is 6.05. The van der Waals surface area contributed by atoms with E-state index in [1.54, 1.807) is 23.3 Å². The third-order valence-electron chi connectivity index (χ3n) is 2.80. The Morgan fingerprint density at radius 1 is 1.42 bits per heavy atom. The van der Waals surface area contributed by atoms with Crippen molar-refractivity contribution in [2.45, 2.75) is 13.5 Å². The van der Waals surface area contributed by atoms with Crippen molar-refractivity contribution in [2.75, 3.05) is 17.6 Å². The van der Waals surface area contributed by atoms with Gasteiger partial charge in [-0.25, -0.2) is 9.50 Å². The van der Waals surface area contributed by atoms with Crippen LogP contribution in [0.25, 0.3) is 5.52 Å². The summed E-state index contributed by atoms with van der Waals surface area (Å²) in [4.78, 5) is 4.33. The van der Waals surface area contributed by atoms with Gasteiger partial charge in [-0.05, 0) is 13.0 Å². The minimum atomic E-state index is 0.673. The Morgan fingerprint density at radius 3 is 3.11 bits per heavy atom. The lowest BCUT2D eigenvalue weighted by atomic mass is 10.4. The second-order valence-corrected chi connectivity index (χ2v) is 4.35. The second-order valence-electron chi connectivity index (χ2n) is 4.35. The van der Waals surface area contributed by atoms with Crippen molar-refractivity contribution in [3.8, 4) is 0 Å². The van der Waals surface area contributed by atoms with E-state index < -0.39 is 0 Å². The molecular weight excluding hydrogens is 242 g/mol. The fraction of sp³-hybridized carbons (Fsp3) is 0.250. The lowest BCUT2D eigenvalue weighted by Gasteiger charge is -2.06. The number of fused-ring (bicyclic) bond motifs is 1. The van der Waals surface area contributed by atoms with Gasteiger partial charge in [0.2, 0.25) is 0 Å². The van der Waals surface area contributed by atoms with E-state index in [4.69, 9.17) is 5.73 Å². The van der Waals surface area contributed by atoms with Gasteiger partial charge in [0, 0.05) is 25.1 Å². The van der Waals surface area contributed by atoms with Crippen molar-refractivity contribution in [1.82, 2.24) is 24.4 Å². The van der Waals surface area contributed by atoms with E-state index in [1.165, 1.54) is 0 Å². The van der Waals surface area contributed by atoms with Gasteiger partial charge in [0.05, 0.1) is 24.1 Å². The lowest BCUT2D eigenvalue weighted by Crippen LogP contribution is -2.12. The summed E-state index contributed by atoms with van der Waals surface area (Å²) >= 11 is 0. The van der Waals surface area contributed by atoms with Crippen molar-refractivity contribution in [3.05, 3.63) is 36.5 Å². The lowest BCUT2D eigenvalue weighted by molar-refractivity contribution is 0.637. The van der Waals surface area contributed by atoms with Gasteiger partial charge in [0.15, 0.2) is 5.82 Å². The van der Waals surface area contributed by atoms with E-state index in [2.05, 4.69) is 20.5 Å².